The zero-order valence-electron chi connectivity index (χ0n) is 13.7. The molecule has 9 heteroatoms. The molecule has 0 spiro atoms. The highest BCUT2D eigenvalue weighted by Gasteiger charge is 2.25. The van der Waals surface area contributed by atoms with Gasteiger partial charge in [0.2, 0.25) is 15.9 Å². The maximum absolute atomic E-state index is 12.7. The fourth-order valence-corrected chi connectivity index (χ4v) is 3.66. The molecule has 0 aromatic heterocycles. The molecule has 0 bridgehead atoms. The number of primary amides is 1. The minimum atomic E-state index is -3.91. The summed E-state index contributed by atoms with van der Waals surface area (Å²) in [6, 6.07) is 9.95. The highest BCUT2D eigenvalue weighted by atomic mass is 32.2. The SMILES string of the molecule is Cc1ccc([N+](=O)[O-])cc1S(=O)(=O)N(C)Cc1ccc(C(N)=O)cc1. The Labute approximate surface area is 145 Å². The molecule has 0 fully saturated rings. The lowest BCUT2D eigenvalue weighted by Gasteiger charge is -2.18. The number of carbonyl (C=O) groups excluding carboxylic acids is 1. The van der Waals surface area contributed by atoms with Gasteiger partial charge in [0.25, 0.3) is 5.69 Å². The number of nitrogens with two attached hydrogens (primary N) is 1. The monoisotopic (exact) mass is 363 g/mol. The molecule has 0 aliphatic heterocycles. The molecule has 0 atom stereocenters. The molecular formula is C16H17N3O5S. The van der Waals surface area contributed by atoms with E-state index in [1.54, 1.807) is 19.1 Å². The number of nitro benzene ring substituents is 1. The summed E-state index contributed by atoms with van der Waals surface area (Å²) in [7, 11) is -2.53. The van der Waals surface area contributed by atoms with Crippen molar-refractivity contribution < 1.29 is 18.1 Å². The summed E-state index contributed by atoms with van der Waals surface area (Å²) in [5.74, 6) is -0.570. The van der Waals surface area contributed by atoms with Crippen molar-refractivity contribution in [1.29, 1.82) is 0 Å². The van der Waals surface area contributed by atoms with Crippen molar-refractivity contribution >= 4 is 21.6 Å². The van der Waals surface area contributed by atoms with Gasteiger partial charge in [-0.3, -0.25) is 14.9 Å². The van der Waals surface area contributed by atoms with Crippen molar-refractivity contribution in [2.24, 2.45) is 5.73 Å². The third-order valence-corrected chi connectivity index (χ3v) is 5.66. The smallest absolute Gasteiger partial charge is 0.270 e. The summed E-state index contributed by atoms with van der Waals surface area (Å²) in [6.45, 7) is 1.62. The Hall–Kier alpha value is -2.78. The average molecular weight is 363 g/mol. The third-order valence-electron chi connectivity index (χ3n) is 3.71. The van der Waals surface area contributed by atoms with E-state index in [2.05, 4.69) is 0 Å². The Morgan fingerprint density at radius 1 is 1.20 bits per heavy atom. The van der Waals surface area contributed by atoms with Crippen LogP contribution in [0.15, 0.2) is 47.4 Å². The van der Waals surface area contributed by atoms with E-state index in [1.807, 2.05) is 0 Å². The Morgan fingerprint density at radius 3 is 2.32 bits per heavy atom. The first kappa shape index (κ1) is 18.6. The third kappa shape index (κ3) is 4.01. The van der Waals surface area contributed by atoms with E-state index in [0.29, 0.717) is 16.7 Å². The summed E-state index contributed by atoms with van der Waals surface area (Å²) in [4.78, 5) is 21.2. The molecule has 0 aliphatic rings. The fourth-order valence-electron chi connectivity index (χ4n) is 2.26. The second-order valence-electron chi connectivity index (χ2n) is 5.53. The van der Waals surface area contributed by atoms with Gasteiger partial charge >= 0.3 is 0 Å². The van der Waals surface area contributed by atoms with Gasteiger partial charge in [0.05, 0.1) is 9.82 Å². The van der Waals surface area contributed by atoms with Crippen LogP contribution >= 0.6 is 0 Å². The highest BCUT2D eigenvalue weighted by Crippen LogP contribution is 2.25. The summed E-state index contributed by atoms with van der Waals surface area (Å²) in [6.07, 6.45) is 0. The van der Waals surface area contributed by atoms with Crippen molar-refractivity contribution in [1.82, 2.24) is 4.31 Å². The molecule has 0 saturated heterocycles. The number of amides is 1. The molecule has 0 unspecified atom stereocenters. The number of aryl methyl sites for hydroxylation is 1. The number of sulfonamides is 1. The molecule has 2 rings (SSSR count). The van der Waals surface area contributed by atoms with Crippen molar-refractivity contribution in [3.8, 4) is 0 Å². The van der Waals surface area contributed by atoms with Gasteiger partial charge in [-0.15, -0.1) is 0 Å². The quantitative estimate of drug-likeness (QED) is 0.619. The second-order valence-corrected chi connectivity index (χ2v) is 7.54. The van der Waals surface area contributed by atoms with Gasteiger partial charge in [-0.05, 0) is 30.2 Å². The Bertz CT molecular complexity index is 923. The standard InChI is InChI=1S/C16H17N3O5S/c1-11-3-8-14(19(21)22)9-15(11)25(23,24)18(2)10-12-4-6-13(7-5-12)16(17)20/h3-9H,10H2,1-2H3,(H2,17,20). The van der Waals surface area contributed by atoms with E-state index >= 15 is 0 Å². The number of hydrogen-bond acceptors (Lipinski definition) is 5. The van der Waals surface area contributed by atoms with Gasteiger partial charge in [-0.1, -0.05) is 18.2 Å². The maximum Gasteiger partial charge on any atom is 0.270 e. The second kappa shape index (κ2) is 6.99. The number of nitrogens with zero attached hydrogens (tertiary/aromatic N) is 2. The van der Waals surface area contributed by atoms with Gasteiger partial charge in [-0.25, -0.2) is 8.42 Å². The first-order valence-electron chi connectivity index (χ1n) is 7.23. The lowest BCUT2D eigenvalue weighted by molar-refractivity contribution is -0.385. The minimum absolute atomic E-state index is 0.0451. The van der Waals surface area contributed by atoms with E-state index in [9.17, 15) is 23.3 Å². The molecule has 0 saturated carbocycles. The van der Waals surface area contributed by atoms with E-state index in [1.165, 1.54) is 31.3 Å². The fraction of sp³-hybridized carbons (Fsp3) is 0.188. The average Bonchev–Trinajstić information content (AvgIpc) is 2.55. The molecule has 132 valence electrons. The number of benzene rings is 2. The van der Waals surface area contributed by atoms with Gasteiger partial charge < -0.3 is 5.73 Å². The van der Waals surface area contributed by atoms with Crippen LogP contribution in [-0.2, 0) is 16.6 Å². The topological polar surface area (TPSA) is 124 Å². The number of non-ortho nitro benzene ring substituents is 1. The molecule has 8 nitrogen and oxygen atoms in total. The van der Waals surface area contributed by atoms with Crippen molar-refractivity contribution in [3.63, 3.8) is 0 Å². The largest absolute Gasteiger partial charge is 0.366 e. The lowest BCUT2D eigenvalue weighted by Crippen LogP contribution is -2.27. The van der Waals surface area contributed by atoms with Crippen LogP contribution in [0.3, 0.4) is 0 Å². The van der Waals surface area contributed by atoms with Crippen LogP contribution in [0.2, 0.25) is 0 Å². The predicted molar refractivity (Wildman–Crippen MR) is 91.4 cm³/mol. The molecule has 2 aromatic carbocycles. The van der Waals surface area contributed by atoms with Crippen LogP contribution in [0.25, 0.3) is 0 Å². The van der Waals surface area contributed by atoms with E-state index < -0.39 is 20.9 Å². The van der Waals surface area contributed by atoms with Crippen LogP contribution in [0.4, 0.5) is 5.69 Å². The van der Waals surface area contributed by atoms with Gasteiger partial charge in [-0.2, -0.15) is 4.31 Å². The molecule has 0 radical (unpaired) electrons. The minimum Gasteiger partial charge on any atom is -0.366 e. The number of nitro groups is 1. The molecule has 0 aliphatic carbocycles. The van der Waals surface area contributed by atoms with E-state index in [4.69, 9.17) is 5.73 Å². The molecule has 2 N–H and O–H groups in total. The molecule has 1 amide bonds. The van der Waals surface area contributed by atoms with Crippen LogP contribution < -0.4 is 5.73 Å². The molecule has 25 heavy (non-hydrogen) atoms. The molecular weight excluding hydrogens is 346 g/mol. The summed E-state index contributed by atoms with van der Waals surface area (Å²) in [5, 5.41) is 10.9. The van der Waals surface area contributed by atoms with Crippen molar-refractivity contribution in [3.05, 3.63) is 69.3 Å². The number of carbonyl (C=O) groups is 1. The summed E-state index contributed by atoms with van der Waals surface area (Å²) < 4.78 is 26.6. The Kier molecular flexibility index (Phi) is 5.19. The van der Waals surface area contributed by atoms with Crippen molar-refractivity contribution in [2.75, 3.05) is 7.05 Å². The normalized spacial score (nSPS) is 11.5. The van der Waals surface area contributed by atoms with E-state index in [0.717, 1.165) is 10.4 Å². The van der Waals surface area contributed by atoms with Crippen LogP contribution in [0.1, 0.15) is 21.5 Å². The van der Waals surface area contributed by atoms with Crippen LogP contribution in [0, 0.1) is 17.0 Å². The van der Waals surface area contributed by atoms with Crippen LogP contribution in [0.5, 0.6) is 0 Å². The first-order valence-corrected chi connectivity index (χ1v) is 8.67. The van der Waals surface area contributed by atoms with Gasteiger partial charge in [0.1, 0.15) is 0 Å². The Balaban J connectivity index is 2.31. The number of rotatable bonds is 6. The van der Waals surface area contributed by atoms with E-state index in [-0.39, 0.29) is 17.1 Å². The van der Waals surface area contributed by atoms with Gasteiger partial charge in [0, 0.05) is 31.3 Å². The first-order chi connectivity index (χ1) is 11.6. The van der Waals surface area contributed by atoms with Gasteiger partial charge in [0.15, 0.2) is 0 Å². The Morgan fingerprint density at radius 2 is 1.80 bits per heavy atom. The summed E-state index contributed by atoms with van der Waals surface area (Å²) in [5.41, 5.74) is 6.27. The highest BCUT2D eigenvalue weighted by molar-refractivity contribution is 7.89. The lowest BCUT2D eigenvalue weighted by atomic mass is 10.1. The number of hydrogen-bond donors (Lipinski definition) is 1. The molecule has 0 heterocycles. The summed E-state index contributed by atoms with van der Waals surface area (Å²) >= 11 is 0. The zero-order valence-corrected chi connectivity index (χ0v) is 14.5. The zero-order chi connectivity index (χ0) is 18.8. The predicted octanol–water partition coefficient (Wildman–Crippen LogP) is 1.82. The molecule has 2 aromatic rings. The maximum atomic E-state index is 12.7. The van der Waals surface area contributed by atoms with Crippen molar-refractivity contribution in [2.45, 2.75) is 18.4 Å². The van der Waals surface area contributed by atoms with Crippen LogP contribution in [-0.4, -0.2) is 30.6 Å².